The van der Waals surface area contributed by atoms with E-state index in [0.29, 0.717) is 13.0 Å². The number of carboxylic acid groups (broad SMARTS) is 1. The molecule has 8 nitrogen and oxygen atoms in total. The second-order valence-corrected chi connectivity index (χ2v) is 7.43. The summed E-state index contributed by atoms with van der Waals surface area (Å²) < 4.78 is 10.6. The SMILES string of the molecule is CC(C)(C)OC(=O)N1CC[C@@H](N(CC(=O)O)C(=O)OCc2ccccc2)C1. The highest BCUT2D eigenvalue weighted by Gasteiger charge is 2.36. The summed E-state index contributed by atoms with van der Waals surface area (Å²) in [6.45, 7) is 5.49. The van der Waals surface area contributed by atoms with Gasteiger partial charge in [0.2, 0.25) is 0 Å². The first-order chi connectivity index (χ1) is 12.7. The van der Waals surface area contributed by atoms with Gasteiger partial charge in [0.1, 0.15) is 18.8 Å². The van der Waals surface area contributed by atoms with E-state index in [2.05, 4.69) is 0 Å². The molecule has 0 saturated carbocycles. The second-order valence-electron chi connectivity index (χ2n) is 7.43. The average molecular weight is 378 g/mol. The molecule has 1 aliphatic heterocycles. The third kappa shape index (κ3) is 6.47. The number of rotatable bonds is 5. The molecule has 148 valence electrons. The van der Waals surface area contributed by atoms with Gasteiger partial charge >= 0.3 is 18.2 Å². The van der Waals surface area contributed by atoms with Crippen molar-refractivity contribution in [1.29, 1.82) is 0 Å². The van der Waals surface area contributed by atoms with Crippen LogP contribution in [-0.2, 0) is 20.9 Å². The minimum atomic E-state index is -1.14. The summed E-state index contributed by atoms with van der Waals surface area (Å²) in [7, 11) is 0. The van der Waals surface area contributed by atoms with E-state index in [4.69, 9.17) is 14.6 Å². The Kier molecular flexibility index (Phi) is 6.65. The number of nitrogens with zero attached hydrogens (tertiary/aromatic N) is 2. The molecule has 0 unspecified atom stereocenters. The summed E-state index contributed by atoms with van der Waals surface area (Å²) in [4.78, 5) is 38.5. The maximum Gasteiger partial charge on any atom is 0.410 e. The molecule has 0 radical (unpaired) electrons. The van der Waals surface area contributed by atoms with Gasteiger partial charge in [-0.05, 0) is 32.8 Å². The number of carbonyl (C=O) groups excluding carboxylic acids is 2. The van der Waals surface area contributed by atoms with Gasteiger partial charge in [-0.15, -0.1) is 0 Å². The molecule has 2 rings (SSSR count). The third-order valence-electron chi connectivity index (χ3n) is 4.00. The number of hydrogen-bond acceptors (Lipinski definition) is 5. The minimum Gasteiger partial charge on any atom is -0.480 e. The molecule has 1 atom stereocenters. The molecule has 1 heterocycles. The lowest BCUT2D eigenvalue weighted by atomic mass is 10.2. The summed E-state index contributed by atoms with van der Waals surface area (Å²) in [5.41, 5.74) is 0.188. The molecule has 0 aromatic heterocycles. The first kappa shape index (κ1) is 20.5. The van der Waals surface area contributed by atoms with Gasteiger partial charge < -0.3 is 19.5 Å². The number of ether oxygens (including phenoxy) is 2. The van der Waals surface area contributed by atoms with Gasteiger partial charge in [-0.2, -0.15) is 0 Å². The van der Waals surface area contributed by atoms with Crippen molar-refractivity contribution in [2.24, 2.45) is 0 Å². The third-order valence-corrected chi connectivity index (χ3v) is 4.00. The van der Waals surface area contributed by atoms with E-state index in [1.54, 1.807) is 20.8 Å². The molecule has 27 heavy (non-hydrogen) atoms. The highest BCUT2D eigenvalue weighted by Crippen LogP contribution is 2.20. The molecule has 2 amide bonds. The molecule has 1 aromatic rings. The van der Waals surface area contributed by atoms with E-state index >= 15 is 0 Å². The van der Waals surface area contributed by atoms with Crippen molar-refractivity contribution in [3.8, 4) is 0 Å². The predicted octanol–water partition coefficient (Wildman–Crippen LogP) is 2.72. The summed E-state index contributed by atoms with van der Waals surface area (Å²) >= 11 is 0. The zero-order valence-electron chi connectivity index (χ0n) is 15.9. The van der Waals surface area contributed by atoms with Crippen LogP contribution in [0.5, 0.6) is 0 Å². The van der Waals surface area contributed by atoms with Crippen molar-refractivity contribution >= 4 is 18.2 Å². The summed E-state index contributed by atoms with van der Waals surface area (Å²) in [5.74, 6) is -1.14. The van der Waals surface area contributed by atoms with Gasteiger partial charge in [0, 0.05) is 13.1 Å². The lowest BCUT2D eigenvalue weighted by Gasteiger charge is -2.28. The fraction of sp³-hybridized carbons (Fsp3) is 0.526. The van der Waals surface area contributed by atoms with Crippen LogP contribution in [0, 0.1) is 0 Å². The van der Waals surface area contributed by atoms with Crippen LogP contribution in [0.25, 0.3) is 0 Å². The van der Waals surface area contributed by atoms with Gasteiger partial charge in [0.05, 0.1) is 6.04 Å². The van der Waals surface area contributed by atoms with Crippen LogP contribution in [0.2, 0.25) is 0 Å². The first-order valence-electron chi connectivity index (χ1n) is 8.83. The van der Waals surface area contributed by atoms with Crippen molar-refractivity contribution in [2.45, 2.75) is 45.4 Å². The number of benzene rings is 1. The van der Waals surface area contributed by atoms with E-state index in [1.165, 1.54) is 4.90 Å². The van der Waals surface area contributed by atoms with E-state index in [9.17, 15) is 14.4 Å². The Balaban J connectivity index is 1.98. The van der Waals surface area contributed by atoms with Crippen LogP contribution >= 0.6 is 0 Å². The molecular formula is C19H26N2O6. The number of likely N-dealkylation sites (tertiary alicyclic amines) is 1. The van der Waals surface area contributed by atoms with Gasteiger partial charge in [-0.25, -0.2) is 9.59 Å². The Morgan fingerprint density at radius 1 is 1.22 bits per heavy atom. The highest BCUT2D eigenvalue weighted by molar-refractivity contribution is 5.77. The number of carboxylic acids is 1. The van der Waals surface area contributed by atoms with Crippen LogP contribution in [0.3, 0.4) is 0 Å². The Hall–Kier alpha value is -2.77. The first-order valence-corrected chi connectivity index (χ1v) is 8.83. The average Bonchev–Trinajstić information content (AvgIpc) is 3.07. The summed E-state index contributed by atoms with van der Waals surface area (Å²) in [6, 6.07) is 8.70. The maximum absolute atomic E-state index is 12.5. The van der Waals surface area contributed by atoms with Crippen molar-refractivity contribution in [3.05, 3.63) is 35.9 Å². The van der Waals surface area contributed by atoms with Crippen molar-refractivity contribution < 1.29 is 29.0 Å². The number of amides is 2. The van der Waals surface area contributed by atoms with E-state index in [1.807, 2.05) is 30.3 Å². The Bertz CT molecular complexity index is 671. The van der Waals surface area contributed by atoms with Crippen LogP contribution in [0.1, 0.15) is 32.8 Å². The standard InChI is InChI=1S/C19H26N2O6/c1-19(2,3)27-17(24)20-10-9-15(11-20)21(12-16(22)23)18(25)26-13-14-7-5-4-6-8-14/h4-8,15H,9-13H2,1-3H3,(H,22,23)/t15-/m1/s1. The van der Waals surface area contributed by atoms with E-state index in [-0.39, 0.29) is 13.2 Å². The zero-order valence-corrected chi connectivity index (χ0v) is 15.9. The van der Waals surface area contributed by atoms with Crippen LogP contribution in [0.4, 0.5) is 9.59 Å². The van der Waals surface area contributed by atoms with Crippen LogP contribution in [0.15, 0.2) is 30.3 Å². The quantitative estimate of drug-likeness (QED) is 0.846. The molecule has 8 heteroatoms. The number of aliphatic carboxylic acids is 1. The molecule has 1 aromatic carbocycles. The fourth-order valence-electron chi connectivity index (χ4n) is 2.78. The van der Waals surface area contributed by atoms with Gasteiger partial charge in [-0.1, -0.05) is 30.3 Å². The Labute approximate surface area is 158 Å². The largest absolute Gasteiger partial charge is 0.480 e. The number of carbonyl (C=O) groups is 3. The van der Waals surface area contributed by atoms with Crippen molar-refractivity contribution in [1.82, 2.24) is 9.80 Å². The van der Waals surface area contributed by atoms with Gasteiger partial charge in [0.25, 0.3) is 0 Å². The zero-order chi connectivity index (χ0) is 20.0. The Morgan fingerprint density at radius 2 is 1.89 bits per heavy atom. The smallest absolute Gasteiger partial charge is 0.410 e. The highest BCUT2D eigenvalue weighted by atomic mass is 16.6. The summed E-state index contributed by atoms with van der Waals surface area (Å²) in [6.07, 6.45) is -0.720. The molecule has 1 fully saturated rings. The maximum atomic E-state index is 12.5. The van der Waals surface area contributed by atoms with Crippen molar-refractivity contribution in [2.75, 3.05) is 19.6 Å². The monoisotopic (exact) mass is 378 g/mol. The van der Waals surface area contributed by atoms with Crippen LogP contribution in [-0.4, -0.2) is 64.3 Å². The predicted molar refractivity (Wildman–Crippen MR) is 97.2 cm³/mol. The van der Waals surface area contributed by atoms with E-state index in [0.717, 1.165) is 10.5 Å². The Morgan fingerprint density at radius 3 is 2.48 bits per heavy atom. The normalized spacial score (nSPS) is 16.7. The number of hydrogen-bond donors (Lipinski definition) is 1. The van der Waals surface area contributed by atoms with E-state index < -0.39 is 36.3 Å². The van der Waals surface area contributed by atoms with Gasteiger partial charge in [0.15, 0.2) is 0 Å². The minimum absolute atomic E-state index is 0.0539. The summed E-state index contributed by atoms with van der Waals surface area (Å²) in [5, 5.41) is 9.15. The molecule has 1 saturated heterocycles. The molecule has 1 N–H and O–H groups in total. The molecule has 0 spiro atoms. The topological polar surface area (TPSA) is 96.4 Å². The fourth-order valence-corrected chi connectivity index (χ4v) is 2.78. The molecule has 0 bridgehead atoms. The van der Waals surface area contributed by atoms with Gasteiger partial charge in [-0.3, -0.25) is 9.69 Å². The van der Waals surface area contributed by atoms with Crippen molar-refractivity contribution in [3.63, 3.8) is 0 Å². The lowest BCUT2D eigenvalue weighted by Crippen LogP contribution is -2.46. The molecule has 1 aliphatic rings. The lowest BCUT2D eigenvalue weighted by molar-refractivity contribution is -0.138. The molecule has 0 aliphatic carbocycles. The van der Waals surface area contributed by atoms with Crippen LogP contribution < -0.4 is 0 Å². The molecular weight excluding hydrogens is 352 g/mol. The second kappa shape index (κ2) is 8.75.